The van der Waals surface area contributed by atoms with Gasteiger partial charge in [-0.05, 0) is 19.1 Å². The molecule has 0 aliphatic heterocycles. The summed E-state index contributed by atoms with van der Waals surface area (Å²) in [4.78, 5) is 0. The van der Waals surface area contributed by atoms with E-state index in [0.29, 0.717) is 13.1 Å². The van der Waals surface area contributed by atoms with Crippen LogP contribution in [0.25, 0.3) is 0 Å². The average Bonchev–Trinajstić information content (AvgIpc) is 2.57. The summed E-state index contributed by atoms with van der Waals surface area (Å²) in [6.45, 7) is 2.78. The van der Waals surface area contributed by atoms with E-state index < -0.39 is 13.0 Å². The smallest absolute Gasteiger partial charge is 0.261 e. The lowest BCUT2D eigenvalue weighted by molar-refractivity contribution is 0.0186. The van der Waals surface area contributed by atoms with E-state index in [1.165, 1.54) is 0 Å². The van der Waals surface area contributed by atoms with Crippen LogP contribution < -0.4 is 5.32 Å². The minimum Gasteiger partial charge on any atom is -0.465 e. The molecule has 3 nitrogen and oxygen atoms in total. The van der Waals surface area contributed by atoms with Crippen molar-refractivity contribution in [1.29, 1.82) is 0 Å². The quantitative estimate of drug-likeness (QED) is 0.712. The Kier molecular flexibility index (Phi) is 5.28. The van der Waals surface area contributed by atoms with Gasteiger partial charge in [-0.25, -0.2) is 8.78 Å². The Morgan fingerprint density at radius 1 is 1.47 bits per heavy atom. The Morgan fingerprint density at radius 3 is 2.87 bits per heavy atom. The van der Waals surface area contributed by atoms with Crippen molar-refractivity contribution in [1.82, 2.24) is 5.32 Å². The van der Waals surface area contributed by atoms with E-state index in [9.17, 15) is 8.78 Å². The molecule has 15 heavy (non-hydrogen) atoms. The zero-order valence-corrected chi connectivity index (χ0v) is 8.63. The van der Waals surface area contributed by atoms with Gasteiger partial charge in [0.25, 0.3) is 6.43 Å². The van der Waals surface area contributed by atoms with Crippen molar-refractivity contribution in [2.24, 2.45) is 0 Å². The van der Waals surface area contributed by atoms with Crippen LogP contribution in [0, 0.1) is 6.92 Å². The molecule has 0 aliphatic carbocycles. The molecule has 0 spiro atoms. The zero-order chi connectivity index (χ0) is 11.1. The summed E-state index contributed by atoms with van der Waals surface area (Å²) in [5.41, 5.74) is 0. The highest BCUT2D eigenvalue weighted by atomic mass is 19.3. The summed E-state index contributed by atoms with van der Waals surface area (Å²) < 4.78 is 33.3. The van der Waals surface area contributed by atoms with E-state index in [0.717, 1.165) is 11.5 Å². The molecule has 1 rings (SSSR count). The van der Waals surface area contributed by atoms with E-state index in [4.69, 9.17) is 9.15 Å². The predicted octanol–water partition coefficient (Wildman–Crippen LogP) is 1.96. The molecule has 0 fully saturated rings. The summed E-state index contributed by atoms with van der Waals surface area (Å²) in [5, 5.41) is 3.03. The second kappa shape index (κ2) is 6.53. The van der Waals surface area contributed by atoms with Crippen molar-refractivity contribution >= 4 is 0 Å². The summed E-state index contributed by atoms with van der Waals surface area (Å²) in [5.74, 6) is 1.70. The highest BCUT2D eigenvalue weighted by Gasteiger charge is 2.01. The monoisotopic (exact) mass is 219 g/mol. The number of nitrogens with one attached hydrogen (secondary N) is 1. The summed E-state index contributed by atoms with van der Waals surface area (Å²) in [6, 6.07) is 3.76. The first kappa shape index (κ1) is 12.1. The van der Waals surface area contributed by atoms with E-state index in [2.05, 4.69) is 5.32 Å². The molecular formula is C10H15F2NO2. The molecule has 0 atom stereocenters. The van der Waals surface area contributed by atoms with Crippen LogP contribution in [0.2, 0.25) is 0 Å². The van der Waals surface area contributed by atoms with E-state index >= 15 is 0 Å². The molecule has 1 heterocycles. The minimum absolute atomic E-state index is 0.282. The molecule has 0 amide bonds. The van der Waals surface area contributed by atoms with Crippen LogP contribution in [0.4, 0.5) is 8.78 Å². The third-order valence-electron chi connectivity index (χ3n) is 1.76. The largest absolute Gasteiger partial charge is 0.465 e. The molecule has 1 aromatic rings. The van der Waals surface area contributed by atoms with E-state index in [1.54, 1.807) is 0 Å². The second-order valence-corrected chi connectivity index (χ2v) is 3.16. The van der Waals surface area contributed by atoms with Gasteiger partial charge in [-0.3, -0.25) is 0 Å². The minimum atomic E-state index is -2.39. The number of ether oxygens (including phenoxy) is 1. The lowest BCUT2D eigenvalue weighted by atomic mass is 10.4. The van der Waals surface area contributed by atoms with Gasteiger partial charge in [0.1, 0.15) is 18.1 Å². The van der Waals surface area contributed by atoms with Crippen molar-refractivity contribution < 1.29 is 17.9 Å². The van der Waals surface area contributed by atoms with Crippen LogP contribution in [-0.4, -0.2) is 26.2 Å². The second-order valence-electron chi connectivity index (χ2n) is 3.16. The summed E-state index contributed by atoms with van der Waals surface area (Å²) in [7, 11) is 0. The fraction of sp³-hybridized carbons (Fsp3) is 0.600. The normalized spacial score (nSPS) is 11.2. The van der Waals surface area contributed by atoms with Crippen LogP contribution in [0.3, 0.4) is 0 Å². The highest BCUT2D eigenvalue weighted by Crippen LogP contribution is 2.04. The maximum absolute atomic E-state index is 11.7. The average molecular weight is 219 g/mol. The fourth-order valence-corrected chi connectivity index (χ4v) is 1.11. The summed E-state index contributed by atoms with van der Waals surface area (Å²) >= 11 is 0. The molecule has 0 unspecified atom stereocenters. The highest BCUT2D eigenvalue weighted by molar-refractivity contribution is 5.04. The third kappa shape index (κ3) is 5.49. The number of hydrogen-bond donors (Lipinski definition) is 1. The number of hydrogen-bond acceptors (Lipinski definition) is 3. The van der Waals surface area contributed by atoms with Gasteiger partial charge in [0.05, 0.1) is 13.2 Å². The third-order valence-corrected chi connectivity index (χ3v) is 1.76. The van der Waals surface area contributed by atoms with Crippen molar-refractivity contribution in [3.8, 4) is 0 Å². The van der Waals surface area contributed by atoms with Gasteiger partial charge in [0.15, 0.2) is 0 Å². The lowest BCUT2D eigenvalue weighted by Crippen LogP contribution is -2.20. The molecule has 5 heteroatoms. The molecule has 1 aromatic heterocycles. The number of alkyl halides is 2. The van der Waals surface area contributed by atoms with Gasteiger partial charge in [0, 0.05) is 6.54 Å². The fourth-order valence-electron chi connectivity index (χ4n) is 1.11. The van der Waals surface area contributed by atoms with Gasteiger partial charge in [-0.15, -0.1) is 0 Å². The van der Waals surface area contributed by atoms with Crippen LogP contribution in [0.1, 0.15) is 11.5 Å². The van der Waals surface area contributed by atoms with Crippen LogP contribution in [0.15, 0.2) is 16.5 Å². The Hall–Kier alpha value is -0.940. The Labute approximate surface area is 87.4 Å². The zero-order valence-electron chi connectivity index (χ0n) is 8.63. The van der Waals surface area contributed by atoms with Crippen molar-refractivity contribution in [2.75, 3.05) is 19.8 Å². The van der Waals surface area contributed by atoms with Crippen molar-refractivity contribution in [3.63, 3.8) is 0 Å². The number of aryl methyl sites for hydroxylation is 1. The molecular weight excluding hydrogens is 204 g/mol. The van der Waals surface area contributed by atoms with Crippen molar-refractivity contribution in [3.05, 3.63) is 23.7 Å². The SMILES string of the molecule is Cc1ccc(CNCCOCC(F)F)o1. The summed E-state index contributed by atoms with van der Waals surface area (Å²) in [6.07, 6.45) is -2.39. The predicted molar refractivity (Wildman–Crippen MR) is 52.0 cm³/mol. The van der Waals surface area contributed by atoms with Gasteiger partial charge in [0.2, 0.25) is 0 Å². The first-order valence-corrected chi connectivity index (χ1v) is 4.80. The van der Waals surface area contributed by atoms with Gasteiger partial charge in [-0.2, -0.15) is 0 Å². The first-order chi connectivity index (χ1) is 7.18. The van der Waals surface area contributed by atoms with Crippen molar-refractivity contribution in [2.45, 2.75) is 19.9 Å². The van der Waals surface area contributed by atoms with E-state index in [1.807, 2.05) is 19.1 Å². The molecule has 1 N–H and O–H groups in total. The standard InChI is InChI=1S/C10H15F2NO2/c1-8-2-3-9(15-8)6-13-4-5-14-7-10(11)12/h2-3,10,13H,4-7H2,1H3. The lowest BCUT2D eigenvalue weighted by Gasteiger charge is -2.04. The Bertz CT molecular complexity index is 276. The van der Waals surface area contributed by atoms with Crippen LogP contribution in [0.5, 0.6) is 0 Å². The Balaban J connectivity index is 1.98. The Morgan fingerprint density at radius 2 is 2.27 bits per heavy atom. The van der Waals surface area contributed by atoms with Crippen LogP contribution >= 0.6 is 0 Å². The molecule has 0 radical (unpaired) electrons. The maximum Gasteiger partial charge on any atom is 0.261 e. The molecule has 0 bridgehead atoms. The van der Waals surface area contributed by atoms with Gasteiger partial charge in [-0.1, -0.05) is 0 Å². The van der Waals surface area contributed by atoms with E-state index in [-0.39, 0.29) is 6.61 Å². The molecule has 0 aliphatic rings. The molecule has 0 aromatic carbocycles. The van der Waals surface area contributed by atoms with Gasteiger partial charge < -0.3 is 14.5 Å². The number of furan rings is 1. The molecule has 0 saturated heterocycles. The van der Waals surface area contributed by atoms with Gasteiger partial charge >= 0.3 is 0 Å². The molecule has 86 valence electrons. The van der Waals surface area contributed by atoms with Crippen LogP contribution in [-0.2, 0) is 11.3 Å². The topological polar surface area (TPSA) is 34.4 Å². The molecule has 0 saturated carbocycles. The maximum atomic E-state index is 11.7. The number of halogens is 2. The first-order valence-electron chi connectivity index (χ1n) is 4.80. The number of rotatable bonds is 7.